The molecule has 1 amide bonds. The Labute approximate surface area is 158 Å². The van der Waals surface area contributed by atoms with Crippen molar-refractivity contribution >= 4 is 21.6 Å². The van der Waals surface area contributed by atoms with Crippen LogP contribution in [0.3, 0.4) is 0 Å². The van der Waals surface area contributed by atoms with Crippen molar-refractivity contribution in [3.63, 3.8) is 0 Å². The zero-order valence-electron chi connectivity index (χ0n) is 14.8. The molecule has 0 spiro atoms. The maximum atomic E-state index is 13.5. The first-order valence-electron chi connectivity index (χ1n) is 9.10. The Balaban J connectivity index is 1.60. The largest absolute Gasteiger partial charge is 0.331 e. The van der Waals surface area contributed by atoms with Crippen molar-refractivity contribution in [2.45, 2.75) is 31.8 Å². The van der Waals surface area contributed by atoms with E-state index in [4.69, 9.17) is 0 Å². The molecule has 1 aliphatic heterocycles. The summed E-state index contributed by atoms with van der Waals surface area (Å²) in [5.41, 5.74) is 1.73. The molecule has 1 heterocycles. The van der Waals surface area contributed by atoms with Crippen LogP contribution in [0.25, 0.3) is 0 Å². The molecular formula is C20H21FN2O3S. The maximum absolute atomic E-state index is 13.5. The number of anilines is 1. The Morgan fingerprint density at radius 3 is 2.59 bits per heavy atom. The van der Waals surface area contributed by atoms with Gasteiger partial charge >= 0.3 is 0 Å². The Bertz CT molecular complexity index is 973. The number of benzene rings is 2. The molecule has 5 nitrogen and oxygen atoms in total. The van der Waals surface area contributed by atoms with Crippen LogP contribution in [-0.2, 0) is 16.6 Å². The fraction of sp³-hybridized carbons (Fsp3) is 0.350. The number of amides is 1. The van der Waals surface area contributed by atoms with E-state index in [1.54, 1.807) is 41.3 Å². The molecule has 142 valence electrons. The Kier molecular flexibility index (Phi) is 4.63. The molecule has 1 saturated heterocycles. The van der Waals surface area contributed by atoms with E-state index in [0.717, 1.165) is 18.4 Å². The smallest absolute Gasteiger partial charge is 0.254 e. The van der Waals surface area contributed by atoms with Gasteiger partial charge in [-0.05, 0) is 55.2 Å². The van der Waals surface area contributed by atoms with E-state index in [1.807, 2.05) is 0 Å². The first-order chi connectivity index (χ1) is 12.9. The number of rotatable bonds is 5. The van der Waals surface area contributed by atoms with Crippen molar-refractivity contribution < 1.29 is 17.6 Å². The second-order valence-corrected chi connectivity index (χ2v) is 9.10. The van der Waals surface area contributed by atoms with Crippen molar-refractivity contribution in [1.82, 2.24) is 4.90 Å². The van der Waals surface area contributed by atoms with Gasteiger partial charge in [0.15, 0.2) is 0 Å². The molecule has 0 radical (unpaired) electrons. The van der Waals surface area contributed by atoms with Crippen LogP contribution in [0.5, 0.6) is 0 Å². The molecule has 2 fully saturated rings. The van der Waals surface area contributed by atoms with Crippen LogP contribution in [0.4, 0.5) is 10.1 Å². The van der Waals surface area contributed by atoms with Gasteiger partial charge < -0.3 is 4.90 Å². The van der Waals surface area contributed by atoms with Crippen LogP contribution in [0.2, 0.25) is 0 Å². The summed E-state index contributed by atoms with van der Waals surface area (Å²) in [6, 6.07) is 13.2. The lowest BCUT2D eigenvalue weighted by Crippen LogP contribution is -2.33. The molecule has 7 heteroatoms. The molecule has 0 bridgehead atoms. The van der Waals surface area contributed by atoms with Crippen molar-refractivity contribution in [2.75, 3.05) is 16.6 Å². The second-order valence-electron chi connectivity index (χ2n) is 7.09. The molecule has 0 N–H and O–H groups in total. The molecule has 27 heavy (non-hydrogen) atoms. The fourth-order valence-corrected chi connectivity index (χ4v) is 5.03. The van der Waals surface area contributed by atoms with E-state index >= 15 is 0 Å². The van der Waals surface area contributed by atoms with Gasteiger partial charge in [-0.1, -0.05) is 18.2 Å². The number of nitrogens with zero attached hydrogens (tertiary/aromatic N) is 2. The highest BCUT2D eigenvalue weighted by Gasteiger charge is 2.34. The summed E-state index contributed by atoms with van der Waals surface area (Å²) < 4.78 is 39.2. The zero-order chi connectivity index (χ0) is 19.0. The highest BCUT2D eigenvalue weighted by atomic mass is 32.2. The molecule has 2 aromatic rings. The van der Waals surface area contributed by atoms with Crippen LogP contribution >= 0.6 is 0 Å². The normalized spacial score (nSPS) is 18.5. The molecular weight excluding hydrogens is 367 g/mol. The molecule has 2 aromatic carbocycles. The summed E-state index contributed by atoms with van der Waals surface area (Å²) in [7, 11) is -3.29. The quantitative estimate of drug-likeness (QED) is 0.791. The number of hydrogen-bond acceptors (Lipinski definition) is 3. The van der Waals surface area contributed by atoms with Crippen LogP contribution < -0.4 is 4.31 Å². The number of carbonyl (C=O) groups excluding carboxylic acids is 1. The lowest BCUT2D eigenvalue weighted by molar-refractivity contribution is 0.0729. The minimum absolute atomic E-state index is 0.138. The molecule has 0 atom stereocenters. The third-order valence-electron chi connectivity index (χ3n) is 4.97. The van der Waals surface area contributed by atoms with Crippen molar-refractivity contribution in [2.24, 2.45) is 0 Å². The Morgan fingerprint density at radius 1 is 1.15 bits per heavy atom. The summed E-state index contributed by atoms with van der Waals surface area (Å²) in [6.07, 6.45) is 2.46. The molecule has 0 aromatic heterocycles. The lowest BCUT2D eigenvalue weighted by Gasteiger charge is -2.24. The summed E-state index contributed by atoms with van der Waals surface area (Å²) >= 11 is 0. The summed E-state index contributed by atoms with van der Waals surface area (Å²) in [5.74, 6) is -0.337. The minimum Gasteiger partial charge on any atom is -0.331 e. The molecule has 2 aliphatic rings. The van der Waals surface area contributed by atoms with Gasteiger partial charge in [-0.25, -0.2) is 12.8 Å². The monoisotopic (exact) mass is 388 g/mol. The lowest BCUT2D eigenvalue weighted by atomic mass is 10.1. The number of halogens is 1. The maximum Gasteiger partial charge on any atom is 0.254 e. The van der Waals surface area contributed by atoms with Gasteiger partial charge in [0.25, 0.3) is 5.91 Å². The highest BCUT2D eigenvalue weighted by molar-refractivity contribution is 7.93. The number of hydrogen-bond donors (Lipinski definition) is 0. The Hall–Kier alpha value is -2.41. The highest BCUT2D eigenvalue weighted by Crippen LogP contribution is 2.31. The fourth-order valence-electron chi connectivity index (χ4n) is 3.47. The number of sulfonamides is 1. The van der Waals surface area contributed by atoms with Gasteiger partial charge in [-0.2, -0.15) is 0 Å². The molecule has 1 saturated carbocycles. The van der Waals surface area contributed by atoms with Crippen LogP contribution in [0, 0.1) is 5.82 Å². The average Bonchev–Trinajstić information content (AvgIpc) is 3.42. The van der Waals surface area contributed by atoms with E-state index in [0.29, 0.717) is 30.8 Å². The standard InChI is InChI=1S/C20H21FN2O3S/c21-17-6-1-4-15(12-17)14-22(18-8-9-18)20(24)16-5-2-7-19(13-16)23-10-3-11-27(23,25)26/h1-2,4-7,12-13,18H,3,8-11,14H2. The first-order valence-corrected chi connectivity index (χ1v) is 10.7. The van der Waals surface area contributed by atoms with Crippen LogP contribution in [0.1, 0.15) is 35.2 Å². The topological polar surface area (TPSA) is 57.7 Å². The van der Waals surface area contributed by atoms with Gasteiger partial charge in [0.2, 0.25) is 10.0 Å². The van der Waals surface area contributed by atoms with Crippen molar-refractivity contribution in [3.8, 4) is 0 Å². The predicted molar refractivity (Wildman–Crippen MR) is 101 cm³/mol. The predicted octanol–water partition coefficient (Wildman–Crippen LogP) is 3.17. The summed E-state index contributed by atoms with van der Waals surface area (Å²) in [4.78, 5) is 14.9. The molecule has 0 unspecified atom stereocenters. The van der Waals surface area contributed by atoms with Gasteiger partial charge in [-0.3, -0.25) is 9.10 Å². The third kappa shape index (κ3) is 3.83. The third-order valence-corrected chi connectivity index (χ3v) is 6.84. The molecule has 4 rings (SSSR count). The molecule has 1 aliphatic carbocycles. The number of carbonyl (C=O) groups is 1. The van der Waals surface area contributed by atoms with Crippen LogP contribution in [-0.4, -0.2) is 37.6 Å². The van der Waals surface area contributed by atoms with Gasteiger partial charge in [0, 0.05) is 24.7 Å². The first kappa shape index (κ1) is 18.0. The van der Waals surface area contributed by atoms with E-state index in [2.05, 4.69) is 0 Å². The van der Waals surface area contributed by atoms with Gasteiger partial charge in [0.1, 0.15) is 5.82 Å². The second kappa shape index (κ2) is 6.96. The van der Waals surface area contributed by atoms with Crippen molar-refractivity contribution in [1.29, 1.82) is 0 Å². The van der Waals surface area contributed by atoms with Crippen LogP contribution in [0.15, 0.2) is 48.5 Å². The summed E-state index contributed by atoms with van der Waals surface area (Å²) in [6.45, 7) is 0.781. The average molecular weight is 388 g/mol. The SMILES string of the molecule is O=C(c1cccc(N2CCCS2(=O)=O)c1)N(Cc1cccc(F)c1)C1CC1. The van der Waals surface area contributed by atoms with E-state index in [9.17, 15) is 17.6 Å². The minimum atomic E-state index is -3.29. The van der Waals surface area contributed by atoms with E-state index < -0.39 is 10.0 Å². The van der Waals surface area contributed by atoms with Gasteiger partial charge in [0.05, 0.1) is 11.4 Å². The van der Waals surface area contributed by atoms with Crippen molar-refractivity contribution in [3.05, 3.63) is 65.5 Å². The summed E-state index contributed by atoms with van der Waals surface area (Å²) in [5, 5.41) is 0. The zero-order valence-corrected chi connectivity index (χ0v) is 15.7. The van der Waals surface area contributed by atoms with E-state index in [1.165, 1.54) is 16.4 Å². The van der Waals surface area contributed by atoms with Gasteiger partial charge in [-0.15, -0.1) is 0 Å². The Morgan fingerprint density at radius 2 is 1.93 bits per heavy atom. The van der Waals surface area contributed by atoms with E-state index in [-0.39, 0.29) is 23.5 Å².